The second-order valence-corrected chi connectivity index (χ2v) is 6.54. The third-order valence-corrected chi connectivity index (χ3v) is 4.30. The summed E-state index contributed by atoms with van der Waals surface area (Å²) in [6.45, 7) is 2.02. The highest BCUT2D eigenvalue weighted by molar-refractivity contribution is 9.10. The van der Waals surface area contributed by atoms with E-state index in [-0.39, 0.29) is 11.3 Å². The van der Waals surface area contributed by atoms with Crippen molar-refractivity contribution in [2.75, 3.05) is 0 Å². The van der Waals surface area contributed by atoms with Gasteiger partial charge in [-0.3, -0.25) is 4.79 Å². The number of hydrogen-bond acceptors (Lipinski definition) is 3. The summed E-state index contributed by atoms with van der Waals surface area (Å²) in [6, 6.07) is 6.14. The average molecular weight is 334 g/mol. The van der Waals surface area contributed by atoms with Crippen LogP contribution in [0.25, 0.3) is 0 Å². The lowest BCUT2D eigenvalue weighted by Gasteiger charge is -2.06. The summed E-state index contributed by atoms with van der Waals surface area (Å²) in [7, 11) is -3.73. The van der Waals surface area contributed by atoms with Crippen molar-refractivity contribution in [2.24, 2.45) is 0 Å². The van der Waals surface area contributed by atoms with Gasteiger partial charge < -0.3 is 0 Å². The molecule has 100 valence electrons. The number of carbonyl (C=O) groups is 1. The summed E-state index contributed by atoms with van der Waals surface area (Å²) in [6.07, 6.45) is 2.86. The van der Waals surface area contributed by atoms with Crippen molar-refractivity contribution in [3.05, 3.63) is 28.7 Å². The van der Waals surface area contributed by atoms with Gasteiger partial charge in [-0.25, -0.2) is 13.1 Å². The Labute approximate surface area is 116 Å². The summed E-state index contributed by atoms with van der Waals surface area (Å²) < 4.78 is 26.5. The molecule has 18 heavy (non-hydrogen) atoms. The molecule has 0 heterocycles. The van der Waals surface area contributed by atoms with Crippen molar-refractivity contribution < 1.29 is 13.2 Å². The standard InChI is InChI=1S/C12H16BrNO3S/c1-2-3-4-5-12(15)14-18(16,17)11-8-6-10(13)7-9-11/h6-9H,2-5H2,1H3,(H,14,15). The summed E-state index contributed by atoms with van der Waals surface area (Å²) in [4.78, 5) is 11.6. The minimum absolute atomic E-state index is 0.0922. The van der Waals surface area contributed by atoms with Gasteiger partial charge in [0.25, 0.3) is 10.0 Å². The zero-order valence-electron chi connectivity index (χ0n) is 10.1. The van der Waals surface area contributed by atoms with E-state index in [1.807, 2.05) is 6.92 Å². The van der Waals surface area contributed by atoms with E-state index in [1.165, 1.54) is 12.1 Å². The van der Waals surface area contributed by atoms with E-state index < -0.39 is 15.9 Å². The van der Waals surface area contributed by atoms with Gasteiger partial charge in [0.05, 0.1) is 4.90 Å². The summed E-state index contributed by atoms with van der Waals surface area (Å²) in [5.41, 5.74) is 0. The predicted octanol–water partition coefficient (Wildman–Crippen LogP) is 2.83. The molecule has 1 aromatic rings. The van der Waals surface area contributed by atoms with E-state index in [4.69, 9.17) is 0 Å². The van der Waals surface area contributed by atoms with Gasteiger partial charge >= 0.3 is 0 Å². The Balaban J connectivity index is 2.64. The second-order valence-electron chi connectivity index (χ2n) is 3.94. The van der Waals surface area contributed by atoms with Gasteiger partial charge in [0.15, 0.2) is 0 Å². The van der Waals surface area contributed by atoms with E-state index in [2.05, 4.69) is 20.7 Å². The minimum Gasteiger partial charge on any atom is -0.274 e. The maximum Gasteiger partial charge on any atom is 0.264 e. The van der Waals surface area contributed by atoms with Crippen LogP contribution in [-0.4, -0.2) is 14.3 Å². The van der Waals surface area contributed by atoms with Gasteiger partial charge in [0.2, 0.25) is 5.91 Å². The molecule has 0 bridgehead atoms. The maximum absolute atomic E-state index is 11.8. The fraction of sp³-hybridized carbons (Fsp3) is 0.417. The Morgan fingerprint density at radius 2 is 1.83 bits per heavy atom. The highest BCUT2D eigenvalue weighted by Gasteiger charge is 2.16. The Kier molecular flexibility index (Phi) is 5.81. The van der Waals surface area contributed by atoms with E-state index in [0.717, 1.165) is 17.3 Å². The first-order valence-corrected chi connectivity index (χ1v) is 8.04. The van der Waals surface area contributed by atoms with E-state index in [0.29, 0.717) is 6.42 Å². The molecule has 0 fully saturated rings. The number of benzene rings is 1. The fourth-order valence-corrected chi connectivity index (χ4v) is 2.69. The van der Waals surface area contributed by atoms with Crippen LogP contribution < -0.4 is 4.72 Å². The molecule has 1 amide bonds. The molecule has 0 aliphatic carbocycles. The van der Waals surface area contributed by atoms with Gasteiger partial charge in [-0.15, -0.1) is 0 Å². The Hall–Kier alpha value is -0.880. The average Bonchev–Trinajstić information content (AvgIpc) is 2.29. The van der Waals surface area contributed by atoms with Crippen molar-refractivity contribution in [1.29, 1.82) is 0 Å². The quantitative estimate of drug-likeness (QED) is 0.814. The lowest BCUT2D eigenvalue weighted by atomic mass is 10.2. The van der Waals surface area contributed by atoms with Gasteiger partial charge in [-0.1, -0.05) is 35.7 Å². The molecule has 0 radical (unpaired) electrons. The fourth-order valence-electron chi connectivity index (χ4n) is 1.41. The number of carbonyl (C=O) groups excluding carboxylic acids is 1. The van der Waals surface area contributed by atoms with Crippen LogP contribution in [0.15, 0.2) is 33.6 Å². The number of hydrogen-bond donors (Lipinski definition) is 1. The number of halogens is 1. The zero-order valence-corrected chi connectivity index (χ0v) is 12.6. The number of amides is 1. The Morgan fingerprint density at radius 3 is 2.39 bits per heavy atom. The highest BCUT2D eigenvalue weighted by Crippen LogP contribution is 2.14. The molecular formula is C12H16BrNO3S. The molecule has 0 unspecified atom stereocenters. The molecule has 1 rings (SSSR count). The van der Waals surface area contributed by atoms with E-state index >= 15 is 0 Å². The maximum atomic E-state index is 11.8. The summed E-state index contributed by atoms with van der Waals surface area (Å²) >= 11 is 3.22. The summed E-state index contributed by atoms with van der Waals surface area (Å²) in [5, 5.41) is 0. The second kappa shape index (κ2) is 6.89. The number of rotatable bonds is 6. The minimum atomic E-state index is -3.73. The first-order chi connectivity index (χ1) is 8.45. The smallest absolute Gasteiger partial charge is 0.264 e. The van der Waals surface area contributed by atoms with E-state index in [1.54, 1.807) is 12.1 Å². The molecule has 0 aliphatic heterocycles. The molecule has 0 spiro atoms. The van der Waals surface area contributed by atoms with Gasteiger partial charge in [-0.2, -0.15) is 0 Å². The van der Waals surface area contributed by atoms with Gasteiger partial charge in [0, 0.05) is 10.9 Å². The normalized spacial score (nSPS) is 11.2. The lowest BCUT2D eigenvalue weighted by Crippen LogP contribution is -2.30. The lowest BCUT2D eigenvalue weighted by molar-refractivity contribution is -0.119. The SMILES string of the molecule is CCCCCC(=O)NS(=O)(=O)c1ccc(Br)cc1. The molecule has 1 aromatic carbocycles. The Morgan fingerprint density at radius 1 is 1.22 bits per heavy atom. The van der Waals surface area contributed by atoms with Crippen molar-refractivity contribution in [2.45, 2.75) is 37.5 Å². The van der Waals surface area contributed by atoms with Crippen molar-refractivity contribution in [3.8, 4) is 0 Å². The molecule has 0 aromatic heterocycles. The number of sulfonamides is 1. The summed E-state index contributed by atoms with van der Waals surface area (Å²) in [5.74, 6) is -0.452. The highest BCUT2D eigenvalue weighted by atomic mass is 79.9. The van der Waals surface area contributed by atoms with Crippen LogP contribution in [0.1, 0.15) is 32.6 Å². The van der Waals surface area contributed by atoms with E-state index in [9.17, 15) is 13.2 Å². The van der Waals surface area contributed by atoms with Gasteiger partial charge in [0.1, 0.15) is 0 Å². The van der Waals surface area contributed by atoms with Crippen LogP contribution in [0.3, 0.4) is 0 Å². The topological polar surface area (TPSA) is 63.2 Å². The third-order valence-electron chi connectivity index (χ3n) is 2.38. The molecule has 0 saturated carbocycles. The van der Waals surface area contributed by atoms with Crippen molar-refractivity contribution in [1.82, 2.24) is 4.72 Å². The van der Waals surface area contributed by atoms with Crippen LogP contribution in [0, 0.1) is 0 Å². The Bertz CT molecular complexity index is 497. The zero-order chi connectivity index (χ0) is 13.6. The van der Waals surface area contributed by atoms with Crippen LogP contribution in [0.4, 0.5) is 0 Å². The molecule has 6 heteroatoms. The molecule has 0 atom stereocenters. The van der Waals surface area contributed by atoms with Crippen LogP contribution >= 0.6 is 15.9 Å². The molecule has 1 N–H and O–H groups in total. The molecule has 0 aliphatic rings. The monoisotopic (exact) mass is 333 g/mol. The van der Waals surface area contributed by atoms with Crippen molar-refractivity contribution in [3.63, 3.8) is 0 Å². The van der Waals surface area contributed by atoms with Crippen LogP contribution in [-0.2, 0) is 14.8 Å². The van der Waals surface area contributed by atoms with Gasteiger partial charge in [-0.05, 0) is 30.7 Å². The first kappa shape index (κ1) is 15.2. The number of unbranched alkanes of at least 4 members (excludes halogenated alkanes) is 2. The number of nitrogens with one attached hydrogen (secondary N) is 1. The largest absolute Gasteiger partial charge is 0.274 e. The molecule has 0 saturated heterocycles. The molecular weight excluding hydrogens is 318 g/mol. The van der Waals surface area contributed by atoms with Crippen molar-refractivity contribution >= 4 is 31.9 Å². The molecule has 4 nitrogen and oxygen atoms in total. The predicted molar refractivity (Wildman–Crippen MR) is 73.6 cm³/mol. The first-order valence-electron chi connectivity index (χ1n) is 5.77. The third kappa shape index (κ3) is 4.78. The van der Waals surface area contributed by atoms with Crippen LogP contribution in [0.2, 0.25) is 0 Å². The van der Waals surface area contributed by atoms with Crippen LogP contribution in [0.5, 0.6) is 0 Å².